The normalized spacial score (nSPS) is 25.3. The SMILES string of the molecule is COc1cccc2c1C(=O)c1c(O)c3c(c(O)c1C2=O)C[C@@](O)(C(=O)CO)C[C@@H]3O[C@H]1C[C@H](NC(=O)[C@@H]2CCCN2C(=O)CNC(=O)[C@H](C)NC(=O)[C@@H]2CCCN2C(=O)Cc2ccccc2CC(=O)O)[C@@H](O)[C@H](C)O1. The Morgan fingerprint density at radius 3 is 2.15 bits per heavy atom. The molecule has 3 aromatic rings. The second kappa shape index (κ2) is 21.9. The molecule has 0 aromatic heterocycles. The molecule has 0 saturated carbocycles. The molecule has 400 valence electrons. The Labute approximate surface area is 429 Å². The first-order valence-electron chi connectivity index (χ1n) is 24.7. The smallest absolute Gasteiger partial charge is 0.307 e. The molecule has 3 heterocycles. The van der Waals surface area contributed by atoms with E-state index in [0.29, 0.717) is 30.4 Å². The number of carbonyl (C=O) groups excluding carboxylic acids is 8. The number of aliphatic hydroxyl groups excluding tert-OH is 2. The second-order valence-corrected chi connectivity index (χ2v) is 19.6. The number of fused-ring (bicyclic) bond motifs is 3. The van der Waals surface area contributed by atoms with Crippen molar-refractivity contribution in [2.45, 2.75) is 126 Å². The number of carbonyl (C=O) groups is 9. The summed E-state index contributed by atoms with van der Waals surface area (Å²) in [5, 5.41) is 73.6. The van der Waals surface area contributed by atoms with Gasteiger partial charge in [-0.2, -0.15) is 0 Å². The molecule has 5 aliphatic rings. The maximum atomic E-state index is 14.1. The largest absolute Gasteiger partial charge is 0.507 e. The van der Waals surface area contributed by atoms with Crippen LogP contribution in [0.3, 0.4) is 0 Å². The quantitative estimate of drug-likeness (QED) is 0.0647. The Morgan fingerprint density at radius 1 is 0.853 bits per heavy atom. The van der Waals surface area contributed by atoms with E-state index in [4.69, 9.17) is 14.2 Å². The Morgan fingerprint density at radius 2 is 1.49 bits per heavy atom. The minimum atomic E-state index is -2.43. The van der Waals surface area contributed by atoms with Crippen LogP contribution in [-0.4, -0.2) is 175 Å². The Kier molecular flexibility index (Phi) is 15.7. The predicted octanol–water partition coefficient (Wildman–Crippen LogP) is -0.368. The van der Waals surface area contributed by atoms with Gasteiger partial charge in [-0.15, -0.1) is 0 Å². The van der Waals surface area contributed by atoms with Gasteiger partial charge in [0.1, 0.15) is 53.7 Å². The van der Waals surface area contributed by atoms with Gasteiger partial charge in [0.05, 0.1) is 61.4 Å². The van der Waals surface area contributed by atoms with Crippen LogP contribution in [0.5, 0.6) is 17.2 Å². The lowest BCUT2D eigenvalue weighted by molar-refractivity contribution is -0.249. The number of hydrogen-bond acceptors (Lipinski definition) is 17. The van der Waals surface area contributed by atoms with E-state index < -0.39 is 150 Å². The van der Waals surface area contributed by atoms with Crippen molar-refractivity contribution in [3.05, 3.63) is 87.0 Å². The number of Topliss-reactive ketones (excluding diaryl/α,β-unsaturated/α-hetero) is 1. The average molecular weight is 1040 g/mol. The van der Waals surface area contributed by atoms with E-state index in [1.807, 2.05) is 0 Å². The number of phenols is 2. The highest BCUT2D eigenvalue weighted by Gasteiger charge is 2.51. The van der Waals surface area contributed by atoms with E-state index in [2.05, 4.69) is 16.0 Å². The standard InChI is InChI=1S/C52H59N5O18/c1-24(54-50(70)31-12-7-15-56(31)36(60)17-26-9-4-5-10-27(26)18-38(62)63)49(69)53-22-37(61)57-16-8-13-32(57)51(71)55-30-19-39(74-25(2)44(30)64)75-34-21-52(72,35(59)23-58)20-29-41(34)48(68)43-42(46(29)66)45(65)28-11-6-14-33(73-3)40(28)47(43)67/h4-6,9-11,14,24-25,30-32,34,39,44,58,64,66,68,72H,7-8,12-13,15-23H2,1-3H3,(H,53,69)(H,54,70)(H,55,71)(H,62,63)/t24-,25-,30-,31-,32-,34-,39-,44-,52-/m0/s1. The fraction of sp³-hybridized carbons (Fsp3) is 0.481. The van der Waals surface area contributed by atoms with Crippen LogP contribution in [0.1, 0.15) is 113 Å². The number of rotatable bonds is 16. The summed E-state index contributed by atoms with van der Waals surface area (Å²) >= 11 is 0. The van der Waals surface area contributed by atoms with E-state index in [0.717, 1.165) is 0 Å². The second-order valence-electron chi connectivity index (χ2n) is 19.6. The molecular weight excluding hydrogens is 983 g/mol. The molecule has 23 heteroatoms. The Hall–Kier alpha value is -7.31. The summed E-state index contributed by atoms with van der Waals surface area (Å²) < 4.78 is 17.6. The topological polar surface area (TPSA) is 345 Å². The number of hydrogen-bond donors (Lipinski definition) is 9. The number of carboxylic acid groups (broad SMARTS) is 1. The van der Waals surface area contributed by atoms with Crippen molar-refractivity contribution in [1.29, 1.82) is 0 Å². The highest BCUT2D eigenvalue weighted by atomic mass is 16.7. The highest BCUT2D eigenvalue weighted by Crippen LogP contribution is 2.52. The van der Waals surface area contributed by atoms with E-state index >= 15 is 0 Å². The van der Waals surface area contributed by atoms with Gasteiger partial charge in [-0.05, 0) is 56.7 Å². The van der Waals surface area contributed by atoms with E-state index in [-0.39, 0.29) is 72.7 Å². The molecule has 0 bridgehead atoms. The third kappa shape index (κ3) is 10.5. The van der Waals surface area contributed by atoms with Crippen molar-refractivity contribution >= 4 is 52.9 Å². The van der Waals surface area contributed by atoms with Gasteiger partial charge < -0.3 is 70.6 Å². The van der Waals surface area contributed by atoms with Crippen LogP contribution >= 0.6 is 0 Å². The van der Waals surface area contributed by atoms with Gasteiger partial charge in [0.2, 0.25) is 35.3 Å². The summed E-state index contributed by atoms with van der Waals surface area (Å²) in [5.74, 6) is -8.38. The molecule has 9 atom stereocenters. The number of ketones is 3. The minimum Gasteiger partial charge on any atom is -0.507 e. The van der Waals surface area contributed by atoms with Gasteiger partial charge in [0, 0.05) is 49.0 Å². The number of nitrogens with one attached hydrogen (secondary N) is 3. The molecule has 2 aliphatic carbocycles. The number of aliphatic carboxylic acids is 1. The zero-order chi connectivity index (χ0) is 54.2. The van der Waals surface area contributed by atoms with Crippen LogP contribution in [0.25, 0.3) is 0 Å². The summed E-state index contributed by atoms with van der Waals surface area (Å²) in [4.78, 5) is 123. The molecule has 75 heavy (non-hydrogen) atoms. The summed E-state index contributed by atoms with van der Waals surface area (Å²) in [6, 6.07) is 6.71. The summed E-state index contributed by atoms with van der Waals surface area (Å²) in [5.41, 5.74) is -3.44. The van der Waals surface area contributed by atoms with Gasteiger partial charge in [-0.1, -0.05) is 36.4 Å². The Bertz CT molecular complexity index is 2850. The molecule has 23 nitrogen and oxygen atoms in total. The van der Waals surface area contributed by atoms with Crippen LogP contribution in [0, 0.1) is 0 Å². The third-order valence-electron chi connectivity index (χ3n) is 14.8. The van der Waals surface area contributed by atoms with Gasteiger partial charge >= 0.3 is 5.97 Å². The molecular formula is C52H59N5O18. The zero-order valence-corrected chi connectivity index (χ0v) is 41.3. The number of aromatic hydroxyl groups is 2. The number of methoxy groups -OCH3 is 1. The van der Waals surface area contributed by atoms with Crippen LogP contribution < -0.4 is 20.7 Å². The number of ether oxygens (including phenoxy) is 3. The molecule has 3 aromatic carbocycles. The van der Waals surface area contributed by atoms with Gasteiger partial charge in [0.15, 0.2) is 17.9 Å². The molecule has 3 fully saturated rings. The van der Waals surface area contributed by atoms with Crippen molar-refractivity contribution in [2.24, 2.45) is 0 Å². The van der Waals surface area contributed by atoms with Crippen LogP contribution in [0.4, 0.5) is 0 Å². The van der Waals surface area contributed by atoms with Gasteiger partial charge in [0.25, 0.3) is 0 Å². The maximum Gasteiger partial charge on any atom is 0.307 e. The number of benzene rings is 3. The lowest BCUT2D eigenvalue weighted by Crippen LogP contribution is -2.59. The lowest BCUT2D eigenvalue weighted by Gasteiger charge is -2.43. The number of aliphatic hydroxyl groups is 3. The fourth-order valence-corrected chi connectivity index (χ4v) is 10.9. The number of phenolic OH excluding ortho intramolecular Hbond substituents is 2. The van der Waals surface area contributed by atoms with Crippen molar-refractivity contribution < 1.29 is 88.0 Å². The highest BCUT2D eigenvalue weighted by molar-refractivity contribution is 6.31. The summed E-state index contributed by atoms with van der Waals surface area (Å²) in [7, 11) is 1.28. The van der Waals surface area contributed by atoms with Crippen LogP contribution in [0.2, 0.25) is 0 Å². The predicted molar refractivity (Wildman–Crippen MR) is 257 cm³/mol. The first kappa shape index (κ1) is 54.0. The van der Waals surface area contributed by atoms with Crippen molar-refractivity contribution in [2.75, 3.05) is 33.4 Å². The molecule has 0 radical (unpaired) electrons. The summed E-state index contributed by atoms with van der Waals surface area (Å²) in [6.45, 7) is 1.64. The van der Waals surface area contributed by atoms with Crippen molar-refractivity contribution in [3.63, 3.8) is 0 Å². The maximum absolute atomic E-state index is 14.1. The first-order valence-corrected chi connectivity index (χ1v) is 24.7. The van der Waals surface area contributed by atoms with Crippen LogP contribution in [-0.2, 0) is 62.3 Å². The van der Waals surface area contributed by atoms with Gasteiger partial charge in [-0.3, -0.25) is 43.2 Å². The molecule has 0 spiro atoms. The number of carboxylic acids is 1. The monoisotopic (exact) mass is 1040 g/mol. The molecule has 3 saturated heterocycles. The zero-order valence-electron chi connectivity index (χ0n) is 41.3. The van der Waals surface area contributed by atoms with E-state index in [1.54, 1.807) is 24.3 Å². The third-order valence-corrected chi connectivity index (χ3v) is 14.8. The number of likely N-dealkylation sites (tertiary alicyclic amines) is 2. The first-order chi connectivity index (χ1) is 35.7. The van der Waals surface area contributed by atoms with Crippen LogP contribution in [0.15, 0.2) is 42.5 Å². The molecule has 5 amide bonds. The molecule has 8 rings (SSSR count). The van der Waals surface area contributed by atoms with Crippen molar-refractivity contribution in [3.8, 4) is 17.2 Å². The number of amides is 5. The van der Waals surface area contributed by atoms with Crippen molar-refractivity contribution in [1.82, 2.24) is 25.8 Å². The minimum absolute atomic E-state index is 0.0197. The molecule has 9 N–H and O–H groups in total. The van der Waals surface area contributed by atoms with Gasteiger partial charge in [-0.25, -0.2) is 0 Å². The Balaban J connectivity index is 0.905. The summed E-state index contributed by atoms with van der Waals surface area (Å²) in [6.07, 6.45) is -5.87. The lowest BCUT2D eigenvalue weighted by atomic mass is 9.72. The van der Waals surface area contributed by atoms with E-state index in [9.17, 15) is 73.8 Å². The molecule has 0 unspecified atom stereocenters. The van der Waals surface area contributed by atoms with E-state index in [1.165, 1.54) is 49.0 Å². The average Bonchev–Trinajstić information content (AvgIpc) is 4.09. The fourth-order valence-electron chi connectivity index (χ4n) is 10.9. The molecule has 3 aliphatic heterocycles. The number of nitrogens with zero attached hydrogens (tertiary/aromatic N) is 2.